The standard InChI is InChI=1S/C20H23N3O4/c1-13-7-5-6-10-20(13)18(24)23(19(25)21-20)12-14-11-16(22-27-14)15-8-3-4-9-17(15)26-2/h3-4,8-9,11,13H,5-7,10,12H2,1-2H3,(H,21,25)/t13-,20-/m0/s1. The number of amides is 3. The number of hydrogen-bond donors (Lipinski definition) is 1. The molecule has 0 bridgehead atoms. The van der Waals surface area contributed by atoms with Crippen LogP contribution >= 0.6 is 0 Å². The smallest absolute Gasteiger partial charge is 0.325 e. The molecule has 0 unspecified atom stereocenters. The third kappa shape index (κ3) is 2.87. The zero-order valence-corrected chi connectivity index (χ0v) is 15.5. The maximum atomic E-state index is 13.0. The summed E-state index contributed by atoms with van der Waals surface area (Å²) in [5, 5.41) is 7.03. The maximum Gasteiger partial charge on any atom is 0.325 e. The Morgan fingerprint density at radius 1 is 1.33 bits per heavy atom. The summed E-state index contributed by atoms with van der Waals surface area (Å²) in [5.41, 5.74) is 0.640. The second kappa shape index (κ2) is 6.72. The summed E-state index contributed by atoms with van der Waals surface area (Å²) < 4.78 is 10.8. The van der Waals surface area contributed by atoms with Gasteiger partial charge in [-0.25, -0.2) is 4.79 Å². The fourth-order valence-electron chi connectivity index (χ4n) is 4.17. The quantitative estimate of drug-likeness (QED) is 0.836. The number of carbonyl (C=O) groups excluding carboxylic acids is 2. The molecule has 2 aromatic rings. The average Bonchev–Trinajstić information content (AvgIpc) is 3.24. The van der Waals surface area contributed by atoms with Gasteiger partial charge < -0.3 is 14.6 Å². The van der Waals surface area contributed by atoms with Gasteiger partial charge in [0.15, 0.2) is 5.76 Å². The van der Waals surface area contributed by atoms with E-state index in [1.807, 2.05) is 31.2 Å². The van der Waals surface area contributed by atoms with Gasteiger partial charge in [-0.2, -0.15) is 0 Å². The molecule has 1 saturated carbocycles. The first kappa shape index (κ1) is 17.6. The average molecular weight is 369 g/mol. The molecule has 3 amide bonds. The van der Waals surface area contributed by atoms with E-state index in [2.05, 4.69) is 10.5 Å². The number of urea groups is 1. The predicted octanol–water partition coefficient (Wildman–Crippen LogP) is 3.35. The third-order valence-corrected chi connectivity index (χ3v) is 5.76. The molecule has 1 aromatic carbocycles. The molecule has 27 heavy (non-hydrogen) atoms. The van der Waals surface area contributed by atoms with Crippen LogP contribution in [0.4, 0.5) is 4.79 Å². The summed E-state index contributed by atoms with van der Waals surface area (Å²) in [6, 6.07) is 8.87. The number of hydrogen-bond acceptors (Lipinski definition) is 5. The minimum atomic E-state index is -0.763. The fraction of sp³-hybridized carbons (Fsp3) is 0.450. The zero-order chi connectivity index (χ0) is 19.0. The van der Waals surface area contributed by atoms with Gasteiger partial charge >= 0.3 is 6.03 Å². The monoisotopic (exact) mass is 369 g/mol. The van der Waals surface area contributed by atoms with Crippen LogP contribution in [0.5, 0.6) is 5.75 Å². The highest BCUT2D eigenvalue weighted by molar-refractivity contribution is 6.07. The largest absolute Gasteiger partial charge is 0.496 e. The number of nitrogens with one attached hydrogen (secondary N) is 1. The number of carbonyl (C=O) groups is 2. The van der Waals surface area contributed by atoms with E-state index >= 15 is 0 Å². The van der Waals surface area contributed by atoms with Crippen molar-refractivity contribution in [2.24, 2.45) is 5.92 Å². The van der Waals surface area contributed by atoms with Crippen LogP contribution in [0.1, 0.15) is 38.4 Å². The first-order chi connectivity index (χ1) is 13.0. The Hall–Kier alpha value is -2.83. The molecule has 7 heteroatoms. The Morgan fingerprint density at radius 2 is 2.15 bits per heavy atom. The van der Waals surface area contributed by atoms with Crippen LogP contribution in [-0.4, -0.2) is 34.6 Å². The molecule has 7 nitrogen and oxygen atoms in total. The van der Waals surface area contributed by atoms with Crippen molar-refractivity contribution in [3.63, 3.8) is 0 Å². The summed E-state index contributed by atoms with van der Waals surface area (Å²) in [7, 11) is 1.60. The minimum Gasteiger partial charge on any atom is -0.496 e. The van der Waals surface area contributed by atoms with Gasteiger partial charge in [-0.15, -0.1) is 0 Å². The molecule has 2 aliphatic rings. The van der Waals surface area contributed by atoms with Crippen molar-refractivity contribution < 1.29 is 18.8 Å². The van der Waals surface area contributed by atoms with Crippen molar-refractivity contribution in [2.45, 2.75) is 44.7 Å². The number of ether oxygens (including phenoxy) is 1. The zero-order valence-electron chi connectivity index (χ0n) is 15.5. The second-order valence-corrected chi connectivity index (χ2v) is 7.32. The lowest BCUT2D eigenvalue weighted by Crippen LogP contribution is -2.53. The van der Waals surface area contributed by atoms with Gasteiger partial charge in [-0.1, -0.05) is 37.1 Å². The van der Waals surface area contributed by atoms with Crippen LogP contribution in [0.3, 0.4) is 0 Å². The van der Waals surface area contributed by atoms with Crippen LogP contribution in [-0.2, 0) is 11.3 Å². The molecule has 142 valence electrons. The van der Waals surface area contributed by atoms with E-state index in [1.54, 1.807) is 13.2 Å². The van der Waals surface area contributed by atoms with Gasteiger partial charge in [-0.05, 0) is 30.9 Å². The highest BCUT2D eigenvalue weighted by atomic mass is 16.5. The summed E-state index contributed by atoms with van der Waals surface area (Å²) in [5.74, 6) is 1.11. The van der Waals surface area contributed by atoms with E-state index in [4.69, 9.17) is 9.26 Å². The van der Waals surface area contributed by atoms with E-state index in [9.17, 15) is 9.59 Å². The second-order valence-electron chi connectivity index (χ2n) is 7.32. The van der Waals surface area contributed by atoms with Crippen LogP contribution in [0, 0.1) is 5.92 Å². The van der Waals surface area contributed by atoms with Gasteiger partial charge in [0, 0.05) is 11.6 Å². The lowest BCUT2D eigenvalue weighted by Gasteiger charge is -2.36. The number of benzene rings is 1. The van der Waals surface area contributed by atoms with Gasteiger partial charge in [0.25, 0.3) is 5.91 Å². The van der Waals surface area contributed by atoms with Gasteiger partial charge in [0.2, 0.25) is 0 Å². The molecule has 2 heterocycles. The van der Waals surface area contributed by atoms with E-state index in [1.165, 1.54) is 4.90 Å². The summed E-state index contributed by atoms with van der Waals surface area (Å²) in [6.07, 6.45) is 3.68. The normalized spacial score (nSPS) is 25.1. The number of methoxy groups -OCH3 is 1. The SMILES string of the molecule is COc1ccccc1-c1cc(CN2C(=O)N[C@]3(CCCC[C@@H]3C)C2=O)on1. The van der Waals surface area contributed by atoms with Crippen LogP contribution in [0.2, 0.25) is 0 Å². The minimum absolute atomic E-state index is 0.0707. The molecule has 4 rings (SSSR count). The molecule has 2 atom stereocenters. The maximum absolute atomic E-state index is 13.0. The molecule has 1 aliphatic heterocycles. The molecular formula is C20H23N3O4. The molecule has 1 spiro atoms. The predicted molar refractivity (Wildman–Crippen MR) is 97.9 cm³/mol. The van der Waals surface area contributed by atoms with Crippen molar-refractivity contribution in [1.82, 2.24) is 15.4 Å². The van der Waals surface area contributed by atoms with Gasteiger partial charge in [-0.3, -0.25) is 9.69 Å². The van der Waals surface area contributed by atoms with Gasteiger partial charge in [0.05, 0.1) is 13.7 Å². The lowest BCUT2D eigenvalue weighted by molar-refractivity contribution is -0.134. The summed E-state index contributed by atoms with van der Waals surface area (Å²) >= 11 is 0. The van der Waals surface area contributed by atoms with Crippen molar-refractivity contribution in [2.75, 3.05) is 7.11 Å². The van der Waals surface area contributed by atoms with Crippen LogP contribution < -0.4 is 10.1 Å². The molecule has 1 aliphatic carbocycles. The Balaban J connectivity index is 1.56. The first-order valence-corrected chi connectivity index (χ1v) is 9.28. The molecule has 1 N–H and O–H groups in total. The Kier molecular flexibility index (Phi) is 4.37. The molecule has 1 saturated heterocycles. The number of imide groups is 1. The van der Waals surface area contributed by atoms with E-state index in [0.717, 1.165) is 24.8 Å². The first-order valence-electron chi connectivity index (χ1n) is 9.28. The number of rotatable bonds is 4. The van der Waals surface area contributed by atoms with Crippen molar-refractivity contribution in [1.29, 1.82) is 0 Å². The fourth-order valence-corrected chi connectivity index (χ4v) is 4.17. The molecule has 2 fully saturated rings. The number of aromatic nitrogens is 1. The van der Waals surface area contributed by atoms with Gasteiger partial charge in [0.1, 0.15) is 17.0 Å². The third-order valence-electron chi connectivity index (χ3n) is 5.76. The molecular weight excluding hydrogens is 346 g/mol. The van der Waals surface area contributed by atoms with E-state index < -0.39 is 5.54 Å². The van der Waals surface area contributed by atoms with E-state index in [-0.39, 0.29) is 24.4 Å². The topological polar surface area (TPSA) is 84.7 Å². The van der Waals surface area contributed by atoms with Crippen molar-refractivity contribution in [3.05, 3.63) is 36.1 Å². The van der Waals surface area contributed by atoms with Crippen molar-refractivity contribution >= 4 is 11.9 Å². The van der Waals surface area contributed by atoms with E-state index in [0.29, 0.717) is 23.6 Å². The Labute approximate surface area is 157 Å². The van der Waals surface area contributed by atoms with Crippen molar-refractivity contribution in [3.8, 4) is 17.0 Å². The highest BCUT2D eigenvalue weighted by Gasteiger charge is 2.54. The highest BCUT2D eigenvalue weighted by Crippen LogP contribution is 2.38. The Morgan fingerprint density at radius 3 is 2.93 bits per heavy atom. The summed E-state index contributed by atoms with van der Waals surface area (Å²) in [4.78, 5) is 26.8. The van der Waals surface area contributed by atoms with Crippen LogP contribution in [0.25, 0.3) is 11.3 Å². The summed E-state index contributed by atoms with van der Waals surface area (Å²) in [6.45, 7) is 2.11. The molecule has 1 aromatic heterocycles. The van der Waals surface area contributed by atoms with Crippen LogP contribution in [0.15, 0.2) is 34.9 Å². The number of nitrogens with zero attached hydrogens (tertiary/aromatic N) is 2. The molecule has 0 radical (unpaired) electrons. The number of para-hydroxylation sites is 1. The Bertz CT molecular complexity index is 878. The lowest BCUT2D eigenvalue weighted by atomic mass is 9.73.